The fourth-order valence-electron chi connectivity index (χ4n) is 3.74. The second-order valence-corrected chi connectivity index (χ2v) is 7.39. The minimum absolute atomic E-state index is 0.00466. The monoisotopic (exact) mass is 471 g/mol. The Morgan fingerprint density at radius 2 is 1.71 bits per heavy atom. The molecule has 4 rings (SSSR count). The van der Waals surface area contributed by atoms with Crippen molar-refractivity contribution in [2.24, 2.45) is 0 Å². The van der Waals surface area contributed by atoms with Crippen LogP contribution in [0.1, 0.15) is 21.5 Å². The minimum Gasteiger partial charge on any atom is -0.478 e. The first-order valence-corrected chi connectivity index (χ1v) is 9.98. The molecule has 0 spiro atoms. The molecule has 0 aliphatic carbocycles. The van der Waals surface area contributed by atoms with Gasteiger partial charge < -0.3 is 14.4 Å². The van der Waals surface area contributed by atoms with E-state index in [-0.39, 0.29) is 40.3 Å². The lowest BCUT2D eigenvalue weighted by Crippen LogP contribution is -2.13. The highest BCUT2D eigenvalue weighted by molar-refractivity contribution is 5.88. The molecule has 0 aliphatic heterocycles. The standard InChI is InChI=1S/C25H17F4NO4/c1-33-13-19-17(10-9-16(23(19)25(27,28)29)14-5-3-2-4-6-14)22-12-21(30-34-22)15-7-8-18(24(31)32)20(26)11-15/h2-12H,13H2,1H3,(H,31,32). The number of hydrogen-bond donors (Lipinski definition) is 1. The van der Waals surface area contributed by atoms with E-state index in [0.29, 0.717) is 5.56 Å². The van der Waals surface area contributed by atoms with Crippen LogP contribution < -0.4 is 0 Å². The first-order chi connectivity index (χ1) is 16.2. The number of aromatic carboxylic acids is 1. The summed E-state index contributed by atoms with van der Waals surface area (Å²) in [6, 6.07) is 15.8. The molecule has 0 fully saturated rings. The Balaban J connectivity index is 1.85. The van der Waals surface area contributed by atoms with E-state index in [4.69, 9.17) is 14.4 Å². The maximum atomic E-state index is 14.2. The zero-order chi connectivity index (χ0) is 24.5. The molecule has 3 aromatic carbocycles. The summed E-state index contributed by atoms with van der Waals surface area (Å²) in [7, 11) is 1.29. The highest BCUT2D eigenvalue weighted by Gasteiger charge is 2.38. The van der Waals surface area contributed by atoms with Crippen molar-refractivity contribution in [1.82, 2.24) is 5.16 Å². The Kier molecular flexibility index (Phi) is 6.21. The molecule has 0 unspecified atom stereocenters. The number of rotatable bonds is 6. The number of aromatic nitrogens is 1. The number of methoxy groups -OCH3 is 1. The van der Waals surface area contributed by atoms with Crippen LogP contribution in [-0.2, 0) is 17.5 Å². The van der Waals surface area contributed by atoms with Crippen molar-refractivity contribution in [3.63, 3.8) is 0 Å². The third-order valence-electron chi connectivity index (χ3n) is 5.24. The maximum absolute atomic E-state index is 14.2. The van der Waals surface area contributed by atoms with E-state index in [1.54, 1.807) is 30.3 Å². The number of alkyl halides is 3. The van der Waals surface area contributed by atoms with E-state index >= 15 is 0 Å². The fraction of sp³-hybridized carbons (Fsp3) is 0.120. The fourth-order valence-corrected chi connectivity index (χ4v) is 3.74. The van der Waals surface area contributed by atoms with Gasteiger partial charge in [0.25, 0.3) is 0 Å². The zero-order valence-corrected chi connectivity index (χ0v) is 17.7. The van der Waals surface area contributed by atoms with Crippen LogP contribution in [0.15, 0.2) is 71.3 Å². The van der Waals surface area contributed by atoms with Gasteiger partial charge in [-0.3, -0.25) is 0 Å². The van der Waals surface area contributed by atoms with Gasteiger partial charge >= 0.3 is 12.1 Å². The van der Waals surface area contributed by atoms with Crippen LogP contribution in [-0.4, -0.2) is 23.3 Å². The smallest absolute Gasteiger partial charge is 0.417 e. The Morgan fingerprint density at radius 1 is 1.00 bits per heavy atom. The number of carboxylic acid groups (broad SMARTS) is 1. The van der Waals surface area contributed by atoms with Crippen LogP contribution in [0.5, 0.6) is 0 Å². The van der Waals surface area contributed by atoms with E-state index in [2.05, 4.69) is 5.16 Å². The molecule has 0 saturated carbocycles. The summed E-state index contributed by atoms with van der Waals surface area (Å²) >= 11 is 0. The topological polar surface area (TPSA) is 72.6 Å². The minimum atomic E-state index is -4.69. The number of nitrogens with zero attached hydrogens (tertiary/aromatic N) is 1. The first-order valence-electron chi connectivity index (χ1n) is 9.98. The SMILES string of the molecule is COCc1c(-c2cc(-c3ccc(C(=O)O)c(F)c3)no2)ccc(-c2ccccc2)c1C(F)(F)F. The van der Waals surface area contributed by atoms with Gasteiger partial charge in [-0.1, -0.05) is 53.7 Å². The van der Waals surface area contributed by atoms with Crippen LogP contribution >= 0.6 is 0 Å². The Bertz CT molecular complexity index is 1350. The Labute approximate surface area is 191 Å². The van der Waals surface area contributed by atoms with Crippen molar-refractivity contribution in [2.75, 3.05) is 7.11 Å². The molecule has 0 bridgehead atoms. The van der Waals surface area contributed by atoms with Gasteiger partial charge in [-0.05, 0) is 23.3 Å². The molecule has 9 heteroatoms. The van der Waals surface area contributed by atoms with Gasteiger partial charge in [0.2, 0.25) is 0 Å². The number of carbonyl (C=O) groups is 1. The summed E-state index contributed by atoms with van der Waals surface area (Å²) in [5.74, 6) is -2.37. The lowest BCUT2D eigenvalue weighted by atomic mass is 9.90. The molecule has 4 aromatic rings. The molecule has 5 nitrogen and oxygen atoms in total. The third kappa shape index (κ3) is 4.42. The van der Waals surface area contributed by atoms with Crippen molar-refractivity contribution in [1.29, 1.82) is 0 Å². The molecule has 0 saturated heterocycles. The summed E-state index contributed by atoms with van der Waals surface area (Å²) in [6.45, 7) is -0.344. The van der Waals surface area contributed by atoms with Gasteiger partial charge in [0, 0.05) is 29.9 Å². The molecular formula is C25H17F4NO4. The van der Waals surface area contributed by atoms with Crippen LogP contribution in [0, 0.1) is 5.82 Å². The Morgan fingerprint density at radius 3 is 2.32 bits per heavy atom. The van der Waals surface area contributed by atoms with Crippen LogP contribution in [0.4, 0.5) is 17.6 Å². The van der Waals surface area contributed by atoms with Crippen LogP contribution in [0.2, 0.25) is 0 Å². The number of ether oxygens (including phenoxy) is 1. The van der Waals surface area contributed by atoms with Crippen molar-refractivity contribution in [3.05, 3.63) is 89.2 Å². The lowest BCUT2D eigenvalue weighted by Gasteiger charge is -2.20. The zero-order valence-electron chi connectivity index (χ0n) is 17.7. The van der Waals surface area contributed by atoms with E-state index in [0.717, 1.165) is 12.1 Å². The largest absolute Gasteiger partial charge is 0.478 e. The second kappa shape index (κ2) is 9.11. The van der Waals surface area contributed by atoms with E-state index in [1.165, 1.54) is 31.4 Å². The Hall–Kier alpha value is -3.98. The highest BCUT2D eigenvalue weighted by Crippen LogP contribution is 2.43. The molecule has 1 aromatic heterocycles. The molecule has 1 heterocycles. The molecular weight excluding hydrogens is 454 g/mol. The van der Waals surface area contributed by atoms with Gasteiger partial charge in [0.05, 0.1) is 17.7 Å². The molecule has 1 N–H and O–H groups in total. The van der Waals surface area contributed by atoms with Gasteiger partial charge in [0.1, 0.15) is 11.5 Å². The average molecular weight is 471 g/mol. The summed E-state index contributed by atoms with van der Waals surface area (Å²) in [4.78, 5) is 11.0. The van der Waals surface area contributed by atoms with Gasteiger partial charge in [-0.2, -0.15) is 13.2 Å². The van der Waals surface area contributed by atoms with Crippen molar-refractivity contribution in [3.8, 4) is 33.7 Å². The van der Waals surface area contributed by atoms with Crippen LogP contribution in [0.25, 0.3) is 33.7 Å². The summed E-state index contributed by atoms with van der Waals surface area (Å²) in [5.41, 5.74) is -0.644. The maximum Gasteiger partial charge on any atom is 0.417 e. The normalized spacial score (nSPS) is 11.6. The summed E-state index contributed by atoms with van der Waals surface area (Å²) in [6.07, 6.45) is -4.69. The van der Waals surface area contributed by atoms with E-state index < -0.39 is 29.1 Å². The number of halogens is 4. The second-order valence-electron chi connectivity index (χ2n) is 7.39. The molecule has 174 valence electrons. The van der Waals surface area contributed by atoms with Crippen molar-refractivity contribution >= 4 is 5.97 Å². The third-order valence-corrected chi connectivity index (χ3v) is 5.24. The number of benzene rings is 3. The predicted molar refractivity (Wildman–Crippen MR) is 115 cm³/mol. The highest BCUT2D eigenvalue weighted by atomic mass is 19.4. The number of hydrogen-bond acceptors (Lipinski definition) is 4. The molecule has 0 aliphatic rings. The predicted octanol–water partition coefficient (Wildman–Crippen LogP) is 6.68. The van der Waals surface area contributed by atoms with Gasteiger partial charge in [-0.15, -0.1) is 0 Å². The van der Waals surface area contributed by atoms with Gasteiger partial charge in [0.15, 0.2) is 5.76 Å². The lowest BCUT2D eigenvalue weighted by molar-refractivity contribution is -0.138. The van der Waals surface area contributed by atoms with Crippen molar-refractivity contribution < 1.29 is 36.7 Å². The summed E-state index contributed by atoms with van der Waals surface area (Å²) < 4.78 is 67.2. The molecule has 0 radical (unpaired) electrons. The van der Waals surface area contributed by atoms with Gasteiger partial charge in [-0.25, -0.2) is 9.18 Å². The van der Waals surface area contributed by atoms with Crippen LogP contribution in [0.3, 0.4) is 0 Å². The quantitative estimate of drug-likeness (QED) is 0.318. The molecule has 0 atom stereocenters. The van der Waals surface area contributed by atoms with Crippen molar-refractivity contribution in [2.45, 2.75) is 12.8 Å². The number of carboxylic acids is 1. The first kappa shape index (κ1) is 23.2. The van der Waals surface area contributed by atoms with E-state index in [9.17, 15) is 22.4 Å². The molecule has 34 heavy (non-hydrogen) atoms. The average Bonchev–Trinajstić information content (AvgIpc) is 3.28. The van der Waals surface area contributed by atoms with E-state index in [1.807, 2.05) is 0 Å². The summed E-state index contributed by atoms with van der Waals surface area (Å²) in [5, 5.41) is 12.8. The molecule has 0 amide bonds.